The van der Waals surface area contributed by atoms with E-state index in [9.17, 15) is 8.42 Å². The van der Waals surface area contributed by atoms with Crippen LogP contribution in [0, 0.1) is 0 Å². The molecular formula is C14H15BrN2O2S. The first kappa shape index (κ1) is 15.0. The summed E-state index contributed by atoms with van der Waals surface area (Å²) in [6.45, 7) is 1.80. The lowest BCUT2D eigenvalue weighted by molar-refractivity contribution is 0.566. The van der Waals surface area contributed by atoms with Gasteiger partial charge < -0.3 is 5.73 Å². The smallest absolute Gasteiger partial charge is 0.242 e. The molecule has 0 heterocycles. The molecule has 0 saturated heterocycles. The van der Waals surface area contributed by atoms with E-state index < -0.39 is 10.0 Å². The SMILES string of the molecule is CC(NS(=O)(=O)c1cc(N)ccc1Br)c1ccccc1. The molecule has 0 radical (unpaired) electrons. The van der Waals surface area contributed by atoms with Crippen LogP contribution in [0.2, 0.25) is 0 Å². The molecule has 0 aliphatic rings. The summed E-state index contributed by atoms with van der Waals surface area (Å²) in [5.74, 6) is 0. The topological polar surface area (TPSA) is 72.2 Å². The van der Waals surface area contributed by atoms with Gasteiger partial charge in [0.05, 0.1) is 4.90 Å². The van der Waals surface area contributed by atoms with Crippen LogP contribution in [0.5, 0.6) is 0 Å². The van der Waals surface area contributed by atoms with Gasteiger partial charge in [0.1, 0.15) is 0 Å². The minimum atomic E-state index is -3.64. The van der Waals surface area contributed by atoms with E-state index in [1.165, 1.54) is 6.07 Å². The van der Waals surface area contributed by atoms with E-state index >= 15 is 0 Å². The van der Waals surface area contributed by atoms with Crippen LogP contribution in [0.15, 0.2) is 57.9 Å². The number of halogens is 1. The largest absolute Gasteiger partial charge is 0.399 e. The Morgan fingerprint density at radius 1 is 1.15 bits per heavy atom. The Hall–Kier alpha value is -1.37. The van der Waals surface area contributed by atoms with E-state index in [0.29, 0.717) is 10.2 Å². The summed E-state index contributed by atoms with van der Waals surface area (Å²) in [5, 5.41) is 0. The van der Waals surface area contributed by atoms with Crippen LogP contribution >= 0.6 is 15.9 Å². The quantitative estimate of drug-likeness (QED) is 0.828. The lowest BCUT2D eigenvalue weighted by atomic mass is 10.1. The van der Waals surface area contributed by atoms with Gasteiger partial charge in [-0.25, -0.2) is 13.1 Å². The van der Waals surface area contributed by atoms with Gasteiger partial charge >= 0.3 is 0 Å². The van der Waals surface area contributed by atoms with Gasteiger partial charge in [0.25, 0.3) is 0 Å². The second-order valence-electron chi connectivity index (χ2n) is 4.44. The molecule has 0 fully saturated rings. The van der Waals surface area contributed by atoms with Crippen molar-refractivity contribution in [3.8, 4) is 0 Å². The van der Waals surface area contributed by atoms with E-state index in [4.69, 9.17) is 5.73 Å². The number of hydrogen-bond donors (Lipinski definition) is 2. The molecule has 0 spiro atoms. The monoisotopic (exact) mass is 354 g/mol. The van der Waals surface area contributed by atoms with Crippen molar-refractivity contribution in [3.63, 3.8) is 0 Å². The molecular weight excluding hydrogens is 340 g/mol. The minimum Gasteiger partial charge on any atom is -0.399 e. The lowest BCUT2D eigenvalue weighted by Gasteiger charge is -2.15. The van der Waals surface area contributed by atoms with Crippen LogP contribution < -0.4 is 10.5 Å². The van der Waals surface area contributed by atoms with Gasteiger partial charge in [-0.1, -0.05) is 30.3 Å². The maximum atomic E-state index is 12.4. The molecule has 0 bridgehead atoms. The minimum absolute atomic E-state index is 0.139. The Balaban J connectivity index is 2.30. The molecule has 1 unspecified atom stereocenters. The first-order chi connectivity index (χ1) is 9.40. The number of hydrogen-bond acceptors (Lipinski definition) is 3. The first-order valence-electron chi connectivity index (χ1n) is 6.02. The van der Waals surface area contributed by atoms with Crippen LogP contribution in [0.25, 0.3) is 0 Å². The lowest BCUT2D eigenvalue weighted by Crippen LogP contribution is -2.27. The maximum Gasteiger partial charge on any atom is 0.242 e. The molecule has 0 aliphatic carbocycles. The molecule has 2 aromatic rings. The summed E-state index contributed by atoms with van der Waals surface area (Å²) in [5.41, 5.74) is 6.96. The van der Waals surface area contributed by atoms with E-state index in [1.807, 2.05) is 30.3 Å². The summed E-state index contributed by atoms with van der Waals surface area (Å²) < 4.78 is 27.9. The molecule has 2 rings (SSSR count). The Bertz CT molecular complexity index is 702. The third-order valence-electron chi connectivity index (χ3n) is 2.88. The fraction of sp³-hybridized carbons (Fsp3) is 0.143. The van der Waals surface area contributed by atoms with Gasteiger partial charge in [0.2, 0.25) is 10.0 Å². The predicted molar refractivity (Wildman–Crippen MR) is 83.7 cm³/mol. The zero-order valence-corrected chi connectivity index (χ0v) is 13.3. The van der Waals surface area contributed by atoms with Crippen LogP contribution in [-0.2, 0) is 10.0 Å². The molecule has 20 heavy (non-hydrogen) atoms. The Morgan fingerprint density at radius 3 is 2.45 bits per heavy atom. The second kappa shape index (κ2) is 5.95. The molecule has 3 N–H and O–H groups in total. The summed E-state index contributed by atoms with van der Waals surface area (Å²) in [4.78, 5) is 0.139. The van der Waals surface area contributed by atoms with Gasteiger partial charge in [-0.05, 0) is 46.6 Å². The number of nitrogens with two attached hydrogens (primary N) is 1. The van der Waals surface area contributed by atoms with Gasteiger partial charge in [-0.3, -0.25) is 0 Å². The van der Waals surface area contributed by atoms with Gasteiger partial charge in [-0.15, -0.1) is 0 Å². The van der Waals surface area contributed by atoms with Crippen molar-refractivity contribution in [3.05, 3.63) is 58.6 Å². The van der Waals surface area contributed by atoms with E-state index in [2.05, 4.69) is 20.7 Å². The zero-order chi connectivity index (χ0) is 14.8. The third kappa shape index (κ3) is 3.39. The van der Waals surface area contributed by atoms with Crippen molar-refractivity contribution in [1.82, 2.24) is 4.72 Å². The van der Waals surface area contributed by atoms with Crippen molar-refractivity contribution in [2.24, 2.45) is 0 Å². The summed E-state index contributed by atoms with van der Waals surface area (Å²) >= 11 is 3.24. The Labute approximate surface area is 127 Å². The summed E-state index contributed by atoms with van der Waals surface area (Å²) in [6.07, 6.45) is 0. The molecule has 1 atom stereocenters. The van der Waals surface area contributed by atoms with Gasteiger partial charge in [0, 0.05) is 16.2 Å². The number of rotatable bonds is 4. The molecule has 4 nitrogen and oxygen atoms in total. The fourth-order valence-corrected chi connectivity index (χ4v) is 4.06. The highest BCUT2D eigenvalue weighted by molar-refractivity contribution is 9.10. The zero-order valence-electron chi connectivity index (χ0n) is 10.9. The highest BCUT2D eigenvalue weighted by Gasteiger charge is 2.21. The van der Waals surface area contributed by atoms with Crippen molar-refractivity contribution in [1.29, 1.82) is 0 Å². The second-order valence-corrected chi connectivity index (χ2v) is 6.98. The summed E-state index contributed by atoms with van der Waals surface area (Å²) in [7, 11) is -3.64. The molecule has 6 heteroatoms. The molecule has 0 saturated carbocycles. The molecule has 106 valence electrons. The number of nitrogens with one attached hydrogen (secondary N) is 1. The number of benzene rings is 2. The molecule has 0 aromatic heterocycles. The first-order valence-corrected chi connectivity index (χ1v) is 8.30. The average molecular weight is 355 g/mol. The number of nitrogen functional groups attached to an aromatic ring is 1. The number of anilines is 1. The Morgan fingerprint density at radius 2 is 1.80 bits per heavy atom. The van der Waals surface area contributed by atoms with Crippen LogP contribution in [0.1, 0.15) is 18.5 Å². The van der Waals surface area contributed by atoms with Gasteiger partial charge in [0.15, 0.2) is 0 Å². The molecule has 0 aliphatic heterocycles. The maximum absolute atomic E-state index is 12.4. The van der Waals surface area contributed by atoms with Crippen LogP contribution in [0.3, 0.4) is 0 Å². The van der Waals surface area contributed by atoms with Gasteiger partial charge in [-0.2, -0.15) is 0 Å². The van der Waals surface area contributed by atoms with Crippen LogP contribution in [0.4, 0.5) is 5.69 Å². The number of sulfonamides is 1. The standard InChI is InChI=1S/C14H15BrN2O2S/c1-10(11-5-3-2-4-6-11)17-20(18,19)14-9-12(16)7-8-13(14)15/h2-10,17H,16H2,1H3. The highest BCUT2D eigenvalue weighted by atomic mass is 79.9. The summed E-state index contributed by atoms with van der Waals surface area (Å²) in [6, 6.07) is 13.8. The van der Waals surface area contributed by atoms with Crippen molar-refractivity contribution in [2.45, 2.75) is 17.9 Å². The Kier molecular flexibility index (Phi) is 4.47. The molecule has 2 aromatic carbocycles. The van der Waals surface area contributed by atoms with Crippen molar-refractivity contribution >= 4 is 31.6 Å². The third-order valence-corrected chi connectivity index (χ3v) is 5.41. The van der Waals surface area contributed by atoms with E-state index in [1.54, 1.807) is 19.1 Å². The highest BCUT2D eigenvalue weighted by Crippen LogP contribution is 2.25. The fourth-order valence-electron chi connectivity index (χ4n) is 1.83. The van der Waals surface area contributed by atoms with Crippen molar-refractivity contribution in [2.75, 3.05) is 5.73 Å². The van der Waals surface area contributed by atoms with E-state index in [0.717, 1.165) is 5.56 Å². The van der Waals surface area contributed by atoms with E-state index in [-0.39, 0.29) is 10.9 Å². The normalized spacial score (nSPS) is 13.1. The van der Waals surface area contributed by atoms with Crippen molar-refractivity contribution < 1.29 is 8.42 Å². The molecule has 0 amide bonds. The predicted octanol–water partition coefficient (Wildman–Crippen LogP) is 3.07. The van der Waals surface area contributed by atoms with Crippen LogP contribution in [-0.4, -0.2) is 8.42 Å². The average Bonchev–Trinajstić information content (AvgIpc) is 2.42.